The van der Waals surface area contributed by atoms with Crippen LogP contribution in [0, 0.1) is 0 Å². The number of hydrogen-bond donors (Lipinski definition) is 2. The van der Waals surface area contributed by atoms with Crippen molar-refractivity contribution in [1.82, 2.24) is 4.98 Å². The highest BCUT2D eigenvalue weighted by molar-refractivity contribution is 6.35. The fourth-order valence-electron chi connectivity index (χ4n) is 2.58. The second-order valence-electron chi connectivity index (χ2n) is 5.64. The molecule has 2 aromatic carbocycles. The maximum Gasteiger partial charge on any atom is 0.272 e. The summed E-state index contributed by atoms with van der Waals surface area (Å²) in [5, 5.41) is 4.45. The monoisotopic (exact) mass is 326 g/mol. The number of H-pyrrole nitrogens is 1. The molecular formula is C19H19ClN2O. The van der Waals surface area contributed by atoms with Gasteiger partial charge in [-0.15, -0.1) is 0 Å². The van der Waals surface area contributed by atoms with Gasteiger partial charge < -0.3 is 10.3 Å². The zero-order valence-corrected chi connectivity index (χ0v) is 13.8. The highest BCUT2D eigenvalue weighted by Gasteiger charge is 2.11. The molecule has 3 rings (SSSR count). The van der Waals surface area contributed by atoms with Crippen molar-refractivity contribution in [1.29, 1.82) is 0 Å². The molecule has 0 bridgehead atoms. The van der Waals surface area contributed by atoms with Crippen LogP contribution in [0.15, 0.2) is 48.5 Å². The third-order valence-electron chi connectivity index (χ3n) is 3.88. The topological polar surface area (TPSA) is 44.9 Å². The minimum Gasteiger partial charge on any atom is -0.349 e. The molecule has 0 saturated heterocycles. The standard InChI is InChI=1S/C19H19ClN2O/c1-2-3-5-13-8-10-15(11-9-13)21-19(23)17-12-14-6-4-7-16(20)18(14)22-17/h4,6-12,22H,2-3,5H2,1H3,(H,21,23). The van der Waals surface area contributed by atoms with E-state index >= 15 is 0 Å². The Balaban J connectivity index is 1.73. The zero-order valence-electron chi connectivity index (χ0n) is 13.0. The van der Waals surface area contributed by atoms with Crippen LogP contribution in [0.25, 0.3) is 10.9 Å². The molecule has 0 spiro atoms. The van der Waals surface area contributed by atoms with Gasteiger partial charge in [0.25, 0.3) is 5.91 Å². The lowest BCUT2D eigenvalue weighted by Crippen LogP contribution is -2.12. The molecule has 0 radical (unpaired) electrons. The summed E-state index contributed by atoms with van der Waals surface area (Å²) in [4.78, 5) is 15.4. The number of benzene rings is 2. The molecule has 0 aliphatic rings. The summed E-state index contributed by atoms with van der Waals surface area (Å²) in [6.45, 7) is 2.18. The smallest absolute Gasteiger partial charge is 0.272 e. The number of fused-ring (bicyclic) bond motifs is 1. The molecule has 2 N–H and O–H groups in total. The van der Waals surface area contributed by atoms with Crippen LogP contribution in [0.2, 0.25) is 5.02 Å². The summed E-state index contributed by atoms with van der Waals surface area (Å²) >= 11 is 6.13. The van der Waals surface area contributed by atoms with E-state index < -0.39 is 0 Å². The van der Waals surface area contributed by atoms with E-state index in [1.165, 1.54) is 18.4 Å². The first kappa shape index (κ1) is 15.6. The molecule has 1 heterocycles. The summed E-state index contributed by atoms with van der Waals surface area (Å²) < 4.78 is 0. The number of nitrogens with one attached hydrogen (secondary N) is 2. The van der Waals surface area contributed by atoms with E-state index in [2.05, 4.69) is 29.4 Å². The molecule has 0 aliphatic heterocycles. The van der Waals surface area contributed by atoms with E-state index in [-0.39, 0.29) is 5.91 Å². The molecule has 0 fully saturated rings. The SMILES string of the molecule is CCCCc1ccc(NC(=O)c2cc3cccc(Cl)c3[nH]2)cc1. The summed E-state index contributed by atoms with van der Waals surface area (Å²) in [7, 11) is 0. The number of rotatable bonds is 5. The summed E-state index contributed by atoms with van der Waals surface area (Å²) in [5.41, 5.74) is 3.37. The van der Waals surface area contributed by atoms with Crippen molar-refractivity contribution < 1.29 is 4.79 Å². The Labute approximate surface area is 140 Å². The molecule has 118 valence electrons. The Kier molecular flexibility index (Phi) is 4.68. The predicted octanol–water partition coefficient (Wildman–Crippen LogP) is 5.42. The number of unbranched alkanes of at least 4 members (excludes halogenated alkanes) is 1. The summed E-state index contributed by atoms with van der Waals surface area (Å²) in [6.07, 6.45) is 3.44. The van der Waals surface area contributed by atoms with Gasteiger partial charge >= 0.3 is 0 Å². The van der Waals surface area contributed by atoms with Crippen LogP contribution in [-0.2, 0) is 6.42 Å². The van der Waals surface area contributed by atoms with Gasteiger partial charge in [-0.2, -0.15) is 0 Å². The Hall–Kier alpha value is -2.26. The first-order valence-electron chi connectivity index (χ1n) is 7.85. The highest BCUT2D eigenvalue weighted by atomic mass is 35.5. The van der Waals surface area contributed by atoms with Gasteiger partial charge in [-0.3, -0.25) is 4.79 Å². The highest BCUT2D eigenvalue weighted by Crippen LogP contribution is 2.24. The van der Waals surface area contributed by atoms with Gasteiger partial charge in [0, 0.05) is 11.1 Å². The number of anilines is 1. The van der Waals surface area contributed by atoms with Crippen molar-refractivity contribution >= 4 is 34.1 Å². The van der Waals surface area contributed by atoms with Crippen LogP contribution in [-0.4, -0.2) is 10.9 Å². The quantitative estimate of drug-likeness (QED) is 0.646. The van der Waals surface area contributed by atoms with E-state index in [1.807, 2.05) is 30.3 Å². The minimum absolute atomic E-state index is 0.168. The molecule has 0 saturated carbocycles. The average molecular weight is 327 g/mol. The number of aromatic amines is 1. The fourth-order valence-corrected chi connectivity index (χ4v) is 2.80. The number of aromatic nitrogens is 1. The largest absolute Gasteiger partial charge is 0.349 e. The molecule has 3 aromatic rings. The van der Waals surface area contributed by atoms with Gasteiger partial charge in [0.15, 0.2) is 0 Å². The normalized spacial score (nSPS) is 10.9. The van der Waals surface area contributed by atoms with E-state index in [9.17, 15) is 4.79 Å². The lowest BCUT2D eigenvalue weighted by molar-refractivity contribution is 0.102. The molecular weight excluding hydrogens is 308 g/mol. The van der Waals surface area contributed by atoms with E-state index in [4.69, 9.17) is 11.6 Å². The van der Waals surface area contributed by atoms with Crippen LogP contribution < -0.4 is 5.32 Å². The van der Waals surface area contributed by atoms with Gasteiger partial charge in [-0.05, 0) is 42.7 Å². The van der Waals surface area contributed by atoms with Gasteiger partial charge in [0.1, 0.15) is 5.69 Å². The first-order valence-corrected chi connectivity index (χ1v) is 8.22. The van der Waals surface area contributed by atoms with Crippen LogP contribution >= 0.6 is 11.6 Å². The molecule has 0 unspecified atom stereocenters. The zero-order chi connectivity index (χ0) is 16.2. The first-order chi connectivity index (χ1) is 11.2. The molecule has 23 heavy (non-hydrogen) atoms. The number of halogens is 1. The van der Waals surface area contributed by atoms with Crippen LogP contribution in [0.1, 0.15) is 35.8 Å². The molecule has 1 aromatic heterocycles. The van der Waals surface area contributed by atoms with Gasteiger partial charge in [-0.1, -0.05) is 49.2 Å². The van der Waals surface area contributed by atoms with Gasteiger partial charge in [0.05, 0.1) is 10.5 Å². The van der Waals surface area contributed by atoms with E-state index in [0.717, 1.165) is 23.0 Å². The summed E-state index contributed by atoms with van der Waals surface area (Å²) in [5.74, 6) is -0.168. The minimum atomic E-state index is -0.168. The second-order valence-corrected chi connectivity index (χ2v) is 6.05. The van der Waals surface area contributed by atoms with Crippen molar-refractivity contribution in [2.45, 2.75) is 26.2 Å². The van der Waals surface area contributed by atoms with Crippen molar-refractivity contribution in [2.24, 2.45) is 0 Å². The molecule has 1 amide bonds. The lowest BCUT2D eigenvalue weighted by atomic mass is 10.1. The lowest BCUT2D eigenvalue weighted by Gasteiger charge is -2.05. The Bertz CT molecular complexity index is 821. The van der Waals surface area contributed by atoms with E-state index in [1.54, 1.807) is 6.07 Å². The van der Waals surface area contributed by atoms with Crippen molar-refractivity contribution in [2.75, 3.05) is 5.32 Å². The number of amides is 1. The molecule has 0 atom stereocenters. The van der Waals surface area contributed by atoms with Crippen molar-refractivity contribution in [3.8, 4) is 0 Å². The van der Waals surface area contributed by atoms with Gasteiger partial charge in [-0.25, -0.2) is 0 Å². The van der Waals surface area contributed by atoms with Crippen LogP contribution in [0.5, 0.6) is 0 Å². The predicted molar refractivity (Wildman–Crippen MR) is 96.3 cm³/mol. The Morgan fingerprint density at radius 3 is 2.65 bits per heavy atom. The maximum atomic E-state index is 12.4. The number of hydrogen-bond acceptors (Lipinski definition) is 1. The fraction of sp³-hybridized carbons (Fsp3) is 0.211. The third-order valence-corrected chi connectivity index (χ3v) is 4.20. The number of carbonyl (C=O) groups excluding carboxylic acids is 1. The summed E-state index contributed by atoms with van der Waals surface area (Å²) in [6, 6.07) is 15.4. The van der Waals surface area contributed by atoms with Crippen molar-refractivity contribution in [3.05, 3.63) is 64.8 Å². The molecule has 3 nitrogen and oxygen atoms in total. The molecule has 4 heteroatoms. The van der Waals surface area contributed by atoms with Gasteiger partial charge in [0.2, 0.25) is 0 Å². The third kappa shape index (κ3) is 3.57. The van der Waals surface area contributed by atoms with E-state index in [0.29, 0.717) is 10.7 Å². The van der Waals surface area contributed by atoms with Crippen molar-refractivity contribution in [3.63, 3.8) is 0 Å². The number of carbonyl (C=O) groups is 1. The van der Waals surface area contributed by atoms with Crippen LogP contribution in [0.4, 0.5) is 5.69 Å². The maximum absolute atomic E-state index is 12.4. The molecule has 0 aliphatic carbocycles. The second kappa shape index (κ2) is 6.88. The average Bonchev–Trinajstić information content (AvgIpc) is 3.00. The Morgan fingerprint density at radius 1 is 1.17 bits per heavy atom. The Morgan fingerprint density at radius 2 is 1.96 bits per heavy atom. The number of para-hydroxylation sites is 1. The number of aryl methyl sites for hydroxylation is 1. The van der Waals surface area contributed by atoms with Crippen LogP contribution in [0.3, 0.4) is 0 Å².